The smallest absolute Gasteiger partial charge is 0.295 e. The van der Waals surface area contributed by atoms with Crippen molar-refractivity contribution in [3.63, 3.8) is 0 Å². The number of Topliss-reactive ketones (excluding diaryl/α,β-unsaturated/α-hetero) is 1. The molecule has 3 aromatic carbocycles. The first-order chi connectivity index (χ1) is 18.9. The van der Waals surface area contributed by atoms with E-state index in [1.54, 1.807) is 25.3 Å². The lowest BCUT2D eigenvalue weighted by atomic mass is 9.94. The minimum Gasteiger partial charge on any atom is -0.507 e. The summed E-state index contributed by atoms with van der Waals surface area (Å²) >= 11 is 0. The van der Waals surface area contributed by atoms with Crippen LogP contribution in [0.15, 0.2) is 78.4 Å². The summed E-state index contributed by atoms with van der Waals surface area (Å²) in [6.07, 6.45) is 1.44. The highest BCUT2D eigenvalue weighted by atomic mass is 16.5. The number of methoxy groups -OCH3 is 1. The quantitative estimate of drug-likeness (QED) is 0.138. The van der Waals surface area contributed by atoms with E-state index in [2.05, 4.69) is 0 Å². The summed E-state index contributed by atoms with van der Waals surface area (Å²) in [4.78, 5) is 27.9. The second-order valence-corrected chi connectivity index (χ2v) is 9.51. The van der Waals surface area contributed by atoms with Gasteiger partial charge in [0.15, 0.2) is 0 Å². The van der Waals surface area contributed by atoms with Gasteiger partial charge in [-0.2, -0.15) is 0 Å². The molecular formula is C32H35NO6. The lowest BCUT2D eigenvalue weighted by Crippen LogP contribution is -2.31. The maximum Gasteiger partial charge on any atom is 0.295 e. The zero-order valence-corrected chi connectivity index (χ0v) is 22.7. The predicted molar refractivity (Wildman–Crippen MR) is 150 cm³/mol. The first-order valence-corrected chi connectivity index (χ1v) is 13.2. The molecule has 1 aliphatic heterocycles. The SMILES string of the molecule is CCCOc1ccc(/C(O)=C2/C(=O)C(=O)N(CCCOC)C2c2ccc(OCc3ccccc3)cc2)cc1C. The molecule has 1 N–H and O–H groups in total. The Balaban J connectivity index is 1.67. The lowest BCUT2D eigenvalue weighted by molar-refractivity contribution is -0.140. The molecular weight excluding hydrogens is 494 g/mol. The molecule has 0 radical (unpaired) electrons. The molecule has 1 amide bonds. The number of benzene rings is 3. The van der Waals surface area contributed by atoms with Crippen molar-refractivity contribution in [3.8, 4) is 11.5 Å². The second-order valence-electron chi connectivity index (χ2n) is 9.51. The van der Waals surface area contributed by atoms with Crippen molar-refractivity contribution in [2.24, 2.45) is 0 Å². The molecule has 7 nitrogen and oxygen atoms in total. The molecule has 3 aromatic rings. The lowest BCUT2D eigenvalue weighted by Gasteiger charge is -2.25. The number of ketones is 1. The summed E-state index contributed by atoms with van der Waals surface area (Å²) < 4.78 is 16.8. The van der Waals surface area contributed by atoms with Crippen molar-refractivity contribution in [2.45, 2.75) is 39.3 Å². The molecule has 1 heterocycles. The molecule has 0 bridgehead atoms. The van der Waals surface area contributed by atoms with Crippen LogP contribution in [0.2, 0.25) is 0 Å². The Bertz CT molecular complexity index is 1320. The zero-order valence-electron chi connectivity index (χ0n) is 22.7. The summed E-state index contributed by atoms with van der Waals surface area (Å²) in [5.74, 6) is -0.166. The first kappa shape index (κ1) is 27.9. The second kappa shape index (κ2) is 13.1. The topological polar surface area (TPSA) is 85.3 Å². The highest BCUT2D eigenvalue weighted by Crippen LogP contribution is 2.40. The van der Waals surface area contributed by atoms with Gasteiger partial charge in [0.1, 0.15) is 23.9 Å². The molecule has 0 saturated carbocycles. The minimum absolute atomic E-state index is 0.0667. The van der Waals surface area contributed by atoms with Crippen LogP contribution in [0.3, 0.4) is 0 Å². The number of aryl methyl sites for hydroxylation is 1. The van der Waals surface area contributed by atoms with E-state index in [1.807, 2.05) is 68.4 Å². The van der Waals surface area contributed by atoms with E-state index >= 15 is 0 Å². The molecule has 7 heteroatoms. The van der Waals surface area contributed by atoms with Crippen molar-refractivity contribution in [3.05, 3.63) is 101 Å². The largest absolute Gasteiger partial charge is 0.507 e. The van der Waals surface area contributed by atoms with E-state index in [1.165, 1.54) is 4.90 Å². The third kappa shape index (κ3) is 6.49. The van der Waals surface area contributed by atoms with Gasteiger partial charge >= 0.3 is 0 Å². The van der Waals surface area contributed by atoms with Crippen LogP contribution in [-0.2, 0) is 20.9 Å². The highest BCUT2D eigenvalue weighted by Gasteiger charge is 2.45. The Kier molecular flexibility index (Phi) is 9.39. The van der Waals surface area contributed by atoms with E-state index in [0.29, 0.717) is 49.7 Å². The molecule has 1 atom stereocenters. The average Bonchev–Trinajstić information content (AvgIpc) is 3.21. The van der Waals surface area contributed by atoms with Crippen LogP contribution in [0.1, 0.15) is 48.1 Å². The fraction of sp³-hybridized carbons (Fsp3) is 0.312. The summed E-state index contributed by atoms with van der Waals surface area (Å²) in [5.41, 5.74) is 3.11. The number of aliphatic hydroxyl groups is 1. The van der Waals surface area contributed by atoms with Crippen LogP contribution in [0.5, 0.6) is 11.5 Å². The number of nitrogens with zero attached hydrogens (tertiary/aromatic N) is 1. The minimum atomic E-state index is -0.735. The molecule has 1 unspecified atom stereocenters. The number of ether oxygens (including phenoxy) is 3. The van der Waals surface area contributed by atoms with Gasteiger partial charge in [-0.15, -0.1) is 0 Å². The van der Waals surface area contributed by atoms with Crippen molar-refractivity contribution in [1.29, 1.82) is 0 Å². The van der Waals surface area contributed by atoms with Gasteiger partial charge in [-0.05, 0) is 66.8 Å². The van der Waals surface area contributed by atoms with Crippen molar-refractivity contribution in [2.75, 3.05) is 26.9 Å². The van der Waals surface area contributed by atoms with Crippen molar-refractivity contribution >= 4 is 17.4 Å². The Hall–Kier alpha value is -4.10. The first-order valence-electron chi connectivity index (χ1n) is 13.2. The van der Waals surface area contributed by atoms with Crippen molar-refractivity contribution < 1.29 is 28.9 Å². The number of hydrogen-bond donors (Lipinski definition) is 1. The van der Waals surface area contributed by atoms with E-state index in [-0.39, 0.29) is 11.3 Å². The molecule has 1 fully saturated rings. The number of likely N-dealkylation sites (tertiary alicyclic amines) is 1. The molecule has 204 valence electrons. The van der Waals surface area contributed by atoms with E-state index in [9.17, 15) is 14.7 Å². The Morgan fingerprint density at radius 2 is 1.69 bits per heavy atom. The van der Waals surface area contributed by atoms with Crippen LogP contribution in [0.25, 0.3) is 5.76 Å². The normalized spacial score (nSPS) is 16.5. The summed E-state index contributed by atoms with van der Waals surface area (Å²) in [5, 5.41) is 11.4. The fourth-order valence-corrected chi connectivity index (χ4v) is 4.65. The molecule has 1 aliphatic rings. The van der Waals surface area contributed by atoms with Crippen LogP contribution >= 0.6 is 0 Å². The van der Waals surface area contributed by atoms with Gasteiger partial charge in [0.05, 0.1) is 18.2 Å². The van der Waals surface area contributed by atoms with Gasteiger partial charge in [0, 0.05) is 25.8 Å². The van der Waals surface area contributed by atoms with Gasteiger partial charge < -0.3 is 24.2 Å². The van der Waals surface area contributed by atoms with E-state index in [0.717, 1.165) is 23.3 Å². The van der Waals surface area contributed by atoms with Crippen LogP contribution in [0.4, 0.5) is 0 Å². The number of amides is 1. The fourth-order valence-electron chi connectivity index (χ4n) is 4.65. The number of carbonyl (C=O) groups excluding carboxylic acids is 2. The average molecular weight is 530 g/mol. The number of carbonyl (C=O) groups is 2. The van der Waals surface area contributed by atoms with E-state index < -0.39 is 17.7 Å². The Morgan fingerprint density at radius 3 is 2.36 bits per heavy atom. The summed E-state index contributed by atoms with van der Waals surface area (Å²) in [6.45, 7) is 5.69. The van der Waals surface area contributed by atoms with E-state index in [4.69, 9.17) is 14.2 Å². The molecule has 0 aliphatic carbocycles. The van der Waals surface area contributed by atoms with Gasteiger partial charge in [-0.1, -0.05) is 49.4 Å². The third-order valence-corrected chi connectivity index (χ3v) is 6.64. The molecule has 0 spiro atoms. The monoisotopic (exact) mass is 529 g/mol. The maximum atomic E-state index is 13.3. The zero-order chi connectivity index (χ0) is 27.8. The molecule has 1 saturated heterocycles. The van der Waals surface area contributed by atoms with Crippen molar-refractivity contribution in [1.82, 2.24) is 4.90 Å². The molecule has 39 heavy (non-hydrogen) atoms. The van der Waals surface area contributed by atoms with Gasteiger partial charge in [0.25, 0.3) is 11.7 Å². The Morgan fingerprint density at radius 1 is 0.949 bits per heavy atom. The van der Waals surface area contributed by atoms with Gasteiger partial charge in [-0.25, -0.2) is 0 Å². The predicted octanol–water partition coefficient (Wildman–Crippen LogP) is 5.82. The molecule has 4 rings (SSSR count). The number of aliphatic hydroxyl groups excluding tert-OH is 1. The van der Waals surface area contributed by atoms with Crippen LogP contribution in [-0.4, -0.2) is 48.6 Å². The number of rotatable bonds is 12. The molecule has 0 aromatic heterocycles. The van der Waals surface area contributed by atoms with Gasteiger partial charge in [0.2, 0.25) is 0 Å². The standard InChI is InChI=1S/C32H35NO6/c1-4-18-38-27-16-13-25(20-22(27)2)30(34)28-29(33(17-8-19-37-3)32(36)31(28)35)24-11-14-26(15-12-24)39-21-23-9-6-5-7-10-23/h5-7,9-16,20,29,34H,4,8,17-19,21H2,1-3H3/b30-28-. The summed E-state index contributed by atoms with van der Waals surface area (Å²) in [6, 6.07) is 21.7. The Labute approximate surface area is 229 Å². The summed E-state index contributed by atoms with van der Waals surface area (Å²) in [7, 11) is 1.59. The van der Waals surface area contributed by atoms with Gasteiger partial charge in [-0.3, -0.25) is 9.59 Å². The third-order valence-electron chi connectivity index (χ3n) is 6.64. The highest BCUT2D eigenvalue weighted by molar-refractivity contribution is 6.46. The number of hydrogen-bond acceptors (Lipinski definition) is 6. The van der Waals surface area contributed by atoms with Crippen LogP contribution in [0, 0.1) is 6.92 Å². The maximum absolute atomic E-state index is 13.3. The van der Waals surface area contributed by atoms with Crippen LogP contribution < -0.4 is 9.47 Å².